The first-order valence-electron chi connectivity index (χ1n) is 7.75. The van der Waals surface area contributed by atoms with E-state index in [1.807, 2.05) is 27.7 Å². The number of aliphatic hydroxyl groups excluding tert-OH is 1. The Kier molecular flexibility index (Phi) is 5.28. The highest BCUT2D eigenvalue weighted by atomic mass is 19.3. The van der Waals surface area contributed by atoms with Gasteiger partial charge in [0.05, 0.1) is 17.3 Å². The van der Waals surface area contributed by atoms with Crippen molar-refractivity contribution in [1.82, 2.24) is 5.32 Å². The van der Waals surface area contributed by atoms with Gasteiger partial charge in [-0.2, -0.15) is 8.78 Å². The molecule has 0 aliphatic carbocycles. The summed E-state index contributed by atoms with van der Waals surface area (Å²) in [4.78, 5) is 0. The lowest BCUT2D eigenvalue weighted by Crippen LogP contribution is -2.44. The van der Waals surface area contributed by atoms with Gasteiger partial charge in [-0.15, -0.1) is 0 Å². The first-order chi connectivity index (χ1) is 10.6. The van der Waals surface area contributed by atoms with Crippen LogP contribution in [0.25, 0.3) is 0 Å². The molecule has 1 aromatic rings. The van der Waals surface area contributed by atoms with Gasteiger partial charge in [-0.05, 0) is 51.8 Å². The lowest BCUT2D eigenvalue weighted by atomic mass is 9.94. The lowest BCUT2D eigenvalue weighted by molar-refractivity contribution is -0.0702. The molecule has 0 aromatic heterocycles. The van der Waals surface area contributed by atoms with Gasteiger partial charge in [-0.25, -0.2) is 0 Å². The molecule has 1 heterocycles. The summed E-state index contributed by atoms with van der Waals surface area (Å²) in [6.07, 6.45) is 0.0251. The average molecular weight is 329 g/mol. The highest BCUT2D eigenvalue weighted by Crippen LogP contribution is 2.37. The minimum absolute atomic E-state index is 0.0437. The van der Waals surface area contributed by atoms with Crippen molar-refractivity contribution in [2.24, 2.45) is 0 Å². The van der Waals surface area contributed by atoms with E-state index in [1.54, 1.807) is 12.1 Å². The molecule has 2 rings (SSSR count). The number of aliphatic hydroxyl groups is 1. The summed E-state index contributed by atoms with van der Waals surface area (Å²) in [5, 5.41) is 13.6. The van der Waals surface area contributed by atoms with Crippen molar-refractivity contribution in [3.63, 3.8) is 0 Å². The van der Waals surface area contributed by atoms with Crippen LogP contribution in [-0.4, -0.2) is 35.5 Å². The smallest absolute Gasteiger partial charge is 0.387 e. The van der Waals surface area contributed by atoms with Crippen molar-refractivity contribution in [3.8, 4) is 5.75 Å². The molecule has 23 heavy (non-hydrogen) atoms. The van der Waals surface area contributed by atoms with Crippen molar-refractivity contribution >= 4 is 0 Å². The highest BCUT2D eigenvalue weighted by molar-refractivity contribution is 5.30. The predicted molar refractivity (Wildman–Crippen MR) is 83.7 cm³/mol. The first-order valence-corrected chi connectivity index (χ1v) is 7.75. The Morgan fingerprint density at radius 3 is 2.61 bits per heavy atom. The summed E-state index contributed by atoms with van der Waals surface area (Å²) >= 11 is 0. The fraction of sp³-hybridized carbons (Fsp3) is 0.647. The second kappa shape index (κ2) is 6.71. The number of ether oxygens (including phenoxy) is 2. The zero-order valence-electron chi connectivity index (χ0n) is 14.0. The van der Waals surface area contributed by atoms with Crippen LogP contribution in [0.4, 0.5) is 8.78 Å². The van der Waals surface area contributed by atoms with Crippen molar-refractivity contribution < 1.29 is 23.4 Å². The molecule has 1 saturated heterocycles. The van der Waals surface area contributed by atoms with Gasteiger partial charge < -0.3 is 19.9 Å². The largest absolute Gasteiger partial charge is 0.435 e. The molecule has 2 N–H and O–H groups in total. The van der Waals surface area contributed by atoms with Crippen molar-refractivity contribution in [1.29, 1.82) is 0 Å². The van der Waals surface area contributed by atoms with Crippen LogP contribution in [0.2, 0.25) is 0 Å². The summed E-state index contributed by atoms with van der Waals surface area (Å²) in [5.41, 5.74) is -0.00676. The van der Waals surface area contributed by atoms with Crippen LogP contribution in [0.5, 0.6) is 5.75 Å². The van der Waals surface area contributed by atoms with E-state index < -0.39 is 12.7 Å². The monoisotopic (exact) mass is 329 g/mol. The third-order valence-corrected chi connectivity index (χ3v) is 4.10. The van der Waals surface area contributed by atoms with Crippen LogP contribution in [-0.2, 0) is 4.74 Å². The summed E-state index contributed by atoms with van der Waals surface area (Å²) in [6, 6.07) is 6.24. The summed E-state index contributed by atoms with van der Waals surface area (Å²) in [6.45, 7) is 5.55. The number of hydrogen-bond acceptors (Lipinski definition) is 4. The van der Waals surface area contributed by atoms with Gasteiger partial charge in [0.1, 0.15) is 5.75 Å². The number of nitrogens with one attached hydrogen (secondary N) is 1. The van der Waals surface area contributed by atoms with Crippen LogP contribution >= 0.6 is 0 Å². The summed E-state index contributed by atoms with van der Waals surface area (Å²) < 4.78 is 34.9. The Morgan fingerprint density at radius 1 is 1.35 bits per heavy atom. The molecule has 0 bridgehead atoms. The van der Waals surface area contributed by atoms with Gasteiger partial charge >= 0.3 is 6.61 Å². The molecule has 1 aliphatic rings. The van der Waals surface area contributed by atoms with E-state index in [2.05, 4.69) is 10.1 Å². The zero-order chi connectivity index (χ0) is 17.3. The number of halogens is 2. The molecule has 1 fully saturated rings. The van der Waals surface area contributed by atoms with Crippen LogP contribution in [0.3, 0.4) is 0 Å². The molecule has 0 radical (unpaired) electrons. The third kappa shape index (κ3) is 4.86. The fourth-order valence-corrected chi connectivity index (χ4v) is 3.15. The molecule has 1 aliphatic heterocycles. The Balaban J connectivity index is 1.96. The van der Waals surface area contributed by atoms with E-state index >= 15 is 0 Å². The van der Waals surface area contributed by atoms with Crippen molar-refractivity contribution in [3.05, 3.63) is 29.8 Å². The van der Waals surface area contributed by atoms with Gasteiger partial charge in [0.25, 0.3) is 0 Å². The standard InChI is InChI=1S/C17H25F2NO3/c1-16(2)9-14(17(3,4)23-16)20-10-13(21)11-6-5-7-12(8-11)22-15(18)19/h5-8,13-15,20-21H,9-10H2,1-4H3. The summed E-state index contributed by atoms with van der Waals surface area (Å²) in [5.74, 6) is 0.0437. The van der Waals surface area contributed by atoms with Gasteiger partial charge in [-0.1, -0.05) is 12.1 Å². The van der Waals surface area contributed by atoms with Crippen LogP contribution in [0, 0.1) is 0 Å². The third-order valence-electron chi connectivity index (χ3n) is 4.10. The molecule has 0 amide bonds. The van der Waals surface area contributed by atoms with Gasteiger partial charge in [-0.3, -0.25) is 0 Å². The van der Waals surface area contributed by atoms with Gasteiger partial charge in [0.2, 0.25) is 0 Å². The molecule has 0 saturated carbocycles. The average Bonchev–Trinajstić information content (AvgIpc) is 2.63. The maximum absolute atomic E-state index is 12.3. The van der Waals surface area contributed by atoms with Crippen LogP contribution in [0.1, 0.15) is 45.8 Å². The molecule has 1 aromatic carbocycles. The quantitative estimate of drug-likeness (QED) is 0.841. The molecular weight excluding hydrogens is 304 g/mol. The summed E-state index contributed by atoms with van der Waals surface area (Å²) in [7, 11) is 0. The van der Waals surface area contributed by atoms with E-state index in [0.29, 0.717) is 12.1 Å². The Bertz CT molecular complexity index is 534. The number of benzene rings is 1. The molecular formula is C17H25F2NO3. The van der Waals surface area contributed by atoms with Crippen molar-refractivity contribution in [2.75, 3.05) is 6.54 Å². The second-order valence-corrected chi connectivity index (χ2v) is 7.10. The maximum Gasteiger partial charge on any atom is 0.387 e. The molecule has 130 valence electrons. The molecule has 0 spiro atoms. The van der Waals surface area contributed by atoms with E-state index in [9.17, 15) is 13.9 Å². The highest BCUT2D eigenvalue weighted by Gasteiger charge is 2.45. The van der Waals surface area contributed by atoms with Crippen LogP contribution < -0.4 is 10.1 Å². The fourth-order valence-electron chi connectivity index (χ4n) is 3.15. The van der Waals surface area contributed by atoms with E-state index in [-0.39, 0.29) is 23.0 Å². The topological polar surface area (TPSA) is 50.7 Å². The molecule has 6 heteroatoms. The van der Waals surface area contributed by atoms with Gasteiger partial charge in [0, 0.05) is 12.6 Å². The van der Waals surface area contributed by atoms with E-state index in [4.69, 9.17) is 4.74 Å². The second-order valence-electron chi connectivity index (χ2n) is 7.10. The Morgan fingerprint density at radius 2 is 2.04 bits per heavy atom. The normalized spacial score (nSPS) is 23.9. The van der Waals surface area contributed by atoms with Crippen molar-refractivity contribution in [2.45, 2.75) is 64.1 Å². The molecule has 4 nitrogen and oxygen atoms in total. The number of hydrogen-bond donors (Lipinski definition) is 2. The Labute approximate surface area is 135 Å². The zero-order valence-corrected chi connectivity index (χ0v) is 14.0. The van der Waals surface area contributed by atoms with E-state index in [0.717, 1.165) is 6.42 Å². The maximum atomic E-state index is 12.3. The molecule has 2 atom stereocenters. The minimum Gasteiger partial charge on any atom is -0.435 e. The van der Waals surface area contributed by atoms with E-state index in [1.165, 1.54) is 12.1 Å². The minimum atomic E-state index is -2.88. The molecule has 2 unspecified atom stereocenters. The number of alkyl halides is 2. The Hall–Kier alpha value is -1.24. The van der Waals surface area contributed by atoms with Gasteiger partial charge in [0.15, 0.2) is 0 Å². The first kappa shape index (κ1) is 18.1. The number of rotatable bonds is 6. The lowest BCUT2D eigenvalue weighted by Gasteiger charge is -2.28. The van der Waals surface area contributed by atoms with Crippen LogP contribution in [0.15, 0.2) is 24.3 Å². The SMILES string of the molecule is CC1(C)CC(NCC(O)c2cccc(OC(F)F)c2)C(C)(C)O1. The predicted octanol–water partition coefficient (Wildman–Crippen LogP) is 3.26.